The number of ketones is 1. The molecule has 2 atom stereocenters. The van der Waals surface area contributed by atoms with E-state index in [4.69, 9.17) is 5.73 Å². The molecule has 180 valence electrons. The van der Waals surface area contributed by atoms with E-state index in [1.807, 2.05) is 54.4 Å². The van der Waals surface area contributed by atoms with Crippen molar-refractivity contribution in [1.29, 1.82) is 0 Å². The highest BCUT2D eigenvalue weighted by Crippen LogP contribution is 2.42. The van der Waals surface area contributed by atoms with E-state index in [9.17, 15) is 19.8 Å². The average molecular weight is 482 g/mol. The van der Waals surface area contributed by atoms with Crippen LogP contribution in [-0.2, 0) is 16.8 Å². The first-order chi connectivity index (χ1) is 16.4. The Bertz CT molecular complexity index is 1070. The fourth-order valence-electron chi connectivity index (χ4n) is 4.93. The lowest BCUT2D eigenvalue weighted by Crippen LogP contribution is -2.49. The number of rotatable bonds is 8. The number of hydrogen-bond acceptors (Lipinski definition) is 7. The molecule has 4 rings (SSSR count). The van der Waals surface area contributed by atoms with Crippen LogP contribution in [0.5, 0.6) is 0 Å². The summed E-state index contributed by atoms with van der Waals surface area (Å²) in [6.45, 7) is 1.78. The molecule has 4 N–H and O–H groups in total. The van der Waals surface area contributed by atoms with Gasteiger partial charge < -0.3 is 15.9 Å². The zero-order chi connectivity index (χ0) is 24.1. The summed E-state index contributed by atoms with van der Waals surface area (Å²) in [6.07, 6.45) is 3.34. The van der Waals surface area contributed by atoms with Gasteiger partial charge in [-0.3, -0.25) is 14.6 Å². The molecule has 1 heterocycles. The summed E-state index contributed by atoms with van der Waals surface area (Å²) in [5, 5.41) is 25.5. The van der Waals surface area contributed by atoms with Crippen molar-refractivity contribution in [3.8, 4) is 0 Å². The molecule has 1 fully saturated rings. The Morgan fingerprint density at radius 3 is 2.53 bits per heavy atom. The summed E-state index contributed by atoms with van der Waals surface area (Å²) >= 11 is 1.94. The van der Waals surface area contributed by atoms with E-state index in [1.54, 1.807) is 6.07 Å². The molecule has 2 aliphatic rings. The minimum Gasteiger partial charge on any atom is -0.481 e. The molecule has 1 aliphatic heterocycles. The van der Waals surface area contributed by atoms with Crippen LogP contribution >= 0.6 is 11.8 Å². The van der Waals surface area contributed by atoms with Crippen LogP contribution in [0, 0.1) is 5.92 Å². The SMILES string of the molecule is NC1(CCO)c2ccc(C(=O)c3ccc(C=NN4CCSCC4)cc3)cc2CCC1CC(=O)O. The molecule has 1 saturated heterocycles. The fourth-order valence-corrected chi connectivity index (χ4v) is 5.81. The largest absolute Gasteiger partial charge is 0.481 e. The molecular weight excluding hydrogens is 450 g/mol. The van der Waals surface area contributed by atoms with Crippen LogP contribution in [-0.4, -0.2) is 64.4 Å². The van der Waals surface area contributed by atoms with Crippen molar-refractivity contribution in [3.63, 3.8) is 0 Å². The van der Waals surface area contributed by atoms with Gasteiger partial charge in [0.25, 0.3) is 0 Å². The van der Waals surface area contributed by atoms with Crippen LogP contribution in [0.1, 0.15) is 51.9 Å². The first-order valence-corrected chi connectivity index (χ1v) is 12.8. The first-order valence-electron chi connectivity index (χ1n) is 11.7. The summed E-state index contributed by atoms with van der Waals surface area (Å²) in [6, 6.07) is 12.9. The maximum absolute atomic E-state index is 13.2. The van der Waals surface area contributed by atoms with Gasteiger partial charge in [-0.15, -0.1) is 0 Å². The molecule has 34 heavy (non-hydrogen) atoms. The van der Waals surface area contributed by atoms with Gasteiger partial charge in [0.2, 0.25) is 0 Å². The van der Waals surface area contributed by atoms with Crippen LogP contribution in [0.4, 0.5) is 0 Å². The summed E-state index contributed by atoms with van der Waals surface area (Å²) in [4.78, 5) is 24.5. The second-order valence-electron chi connectivity index (χ2n) is 8.98. The van der Waals surface area contributed by atoms with Crippen LogP contribution in [0.25, 0.3) is 0 Å². The number of benzene rings is 2. The Balaban J connectivity index is 1.51. The smallest absolute Gasteiger partial charge is 0.303 e. The molecule has 2 aromatic rings. The van der Waals surface area contributed by atoms with Gasteiger partial charge in [-0.05, 0) is 47.9 Å². The van der Waals surface area contributed by atoms with E-state index in [1.165, 1.54) is 0 Å². The molecule has 1 aliphatic carbocycles. The van der Waals surface area contributed by atoms with E-state index in [2.05, 4.69) is 10.1 Å². The molecular formula is C26H31N3O4S. The van der Waals surface area contributed by atoms with Gasteiger partial charge in [-0.25, -0.2) is 0 Å². The van der Waals surface area contributed by atoms with E-state index >= 15 is 0 Å². The Kier molecular flexibility index (Phi) is 7.70. The molecule has 0 amide bonds. The van der Waals surface area contributed by atoms with Gasteiger partial charge in [0, 0.05) is 47.9 Å². The number of nitrogens with zero attached hydrogens (tertiary/aromatic N) is 2. The van der Waals surface area contributed by atoms with Crippen LogP contribution in [0.15, 0.2) is 47.6 Å². The van der Waals surface area contributed by atoms with E-state index in [0.29, 0.717) is 24.0 Å². The molecule has 8 heteroatoms. The summed E-state index contributed by atoms with van der Waals surface area (Å²) in [7, 11) is 0. The number of hydrazone groups is 1. The minimum atomic E-state index is -0.920. The third-order valence-corrected chi connectivity index (χ3v) is 7.78. The number of thioether (sulfide) groups is 1. The monoisotopic (exact) mass is 481 g/mol. The molecule has 0 spiro atoms. The van der Waals surface area contributed by atoms with Gasteiger partial charge in [0.15, 0.2) is 5.78 Å². The summed E-state index contributed by atoms with van der Waals surface area (Å²) in [5.74, 6) is 0.964. The lowest BCUT2D eigenvalue weighted by atomic mass is 9.66. The number of aliphatic carboxylic acids is 1. The standard InChI is InChI=1S/C26H31N3O4S/c27-26(9-12-30)22(16-24(31)32)7-5-20-15-21(6-8-23(20)26)25(33)19-3-1-18(2-4-19)17-28-29-10-13-34-14-11-29/h1-4,6,8,15,17,22,30H,5,7,9-14,16,27H2,(H,31,32). The number of carbonyl (C=O) groups is 2. The number of aliphatic hydroxyl groups excluding tert-OH is 1. The Labute approximate surface area is 204 Å². The minimum absolute atomic E-state index is 0.0387. The van der Waals surface area contributed by atoms with E-state index in [0.717, 1.165) is 41.3 Å². The number of carboxylic acid groups (broad SMARTS) is 1. The van der Waals surface area contributed by atoms with Crippen LogP contribution < -0.4 is 5.73 Å². The highest BCUT2D eigenvalue weighted by atomic mass is 32.2. The highest BCUT2D eigenvalue weighted by Gasteiger charge is 2.41. The first kappa shape index (κ1) is 24.4. The average Bonchev–Trinajstić information content (AvgIpc) is 2.85. The third kappa shape index (κ3) is 5.35. The predicted octanol–water partition coefficient (Wildman–Crippen LogP) is 2.87. The van der Waals surface area contributed by atoms with Crippen molar-refractivity contribution in [2.24, 2.45) is 16.8 Å². The number of carbonyl (C=O) groups excluding carboxylic acids is 1. The van der Waals surface area contributed by atoms with Gasteiger partial charge in [0.05, 0.1) is 12.6 Å². The second kappa shape index (κ2) is 10.7. The molecule has 0 aromatic heterocycles. The molecule has 0 bridgehead atoms. The highest BCUT2D eigenvalue weighted by molar-refractivity contribution is 7.99. The van der Waals surface area contributed by atoms with Gasteiger partial charge >= 0.3 is 5.97 Å². The van der Waals surface area contributed by atoms with Crippen molar-refractivity contribution < 1.29 is 19.8 Å². The van der Waals surface area contributed by atoms with Gasteiger partial charge in [-0.1, -0.05) is 36.4 Å². The van der Waals surface area contributed by atoms with Crippen molar-refractivity contribution in [1.82, 2.24) is 5.01 Å². The van der Waals surface area contributed by atoms with Crippen molar-refractivity contribution in [2.45, 2.75) is 31.2 Å². The lowest BCUT2D eigenvalue weighted by Gasteiger charge is -2.42. The van der Waals surface area contributed by atoms with Gasteiger partial charge in [-0.2, -0.15) is 16.9 Å². The normalized spacial score (nSPS) is 22.5. The maximum atomic E-state index is 13.2. The number of hydrogen-bond donors (Lipinski definition) is 3. The third-order valence-electron chi connectivity index (χ3n) is 6.84. The van der Waals surface area contributed by atoms with Gasteiger partial charge in [0.1, 0.15) is 0 Å². The lowest BCUT2D eigenvalue weighted by molar-refractivity contribution is -0.139. The number of fused-ring (bicyclic) bond motifs is 1. The summed E-state index contributed by atoms with van der Waals surface area (Å²) in [5.41, 5.74) is 9.67. The zero-order valence-corrected chi connectivity index (χ0v) is 20.0. The topological polar surface area (TPSA) is 116 Å². The zero-order valence-electron chi connectivity index (χ0n) is 19.2. The predicted molar refractivity (Wildman–Crippen MR) is 134 cm³/mol. The number of aliphatic hydroxyl groups is 1. The molecule has 0 radical (unpaired) electrons. The second-order valence-corrected chi connectivity index (χ2v) is 10.2. The fraction of sp³-hybridized carbons (Fsp3) is 0.423. The number of aryl methyl sites for hydroxylation is 1. The quantitative estimate of drug-likeness (QED) is 0.392. The van der Waals surface area contributed by atoms with E-state index in [-0.39, 0.29) is 31.1 Å². The molecule has 7 nitrogen and oxygen atoms in total. The Morgan fingerprint density at radius 2 is 1.85 bits per heavy atom. The van der Waals surface area contributed by atoms with Crippen molar-refractivity contribution >= 4 is 29.7 Å². The van der Waals surface area contributed by atoms with Crippen molar-refractivity contribution in [3.05, 3.63) is 70.3 Å². The van der Waals surface area contributed by atoms with Crippen LogP contribution in [0.3, 0.4) is 0 Å². The summed E-state index contributed by atoms with van der Waals surface area (Å²) < 4.78 is 0. The van der Waals surface area contributed by atoms with E-state index < -0.39 is 11.5 Å². The van der Waals surface area contributed by atoms with Crippen LogP contribution in [0.2, 0.25) is 0 Å². The molecule has 2 unspecified atom stereocenters. The van der Waals surface area contributed by atoms with Crippen molar-refractivity contribution in [2.75, 3.05) is 31.2 Å². The Hall–Kier alpha value is -2.68. The molecule has 2 aromatic carbocycles. The molecule has 0 saturated carbocycles. The maximum Gasteiger partial charge on any atom is 0.303 e. The number of nitrogens with two attached hydrogens (primary N) is 1. The number of carboxylic acids is 1. The Morgan fingerprint density at radius 1 is 1.15 bits per heavy atom.